The predicted molar refractivity (Wildman–Crippen MR) is 130 cm³/mol. The lowest BCUT2D eigenvalue weighted by Crippen LogP contribution is -2.32. The molecule has 0 bridgehead atoms. The lowest BCUT2D eigenvalue weighted by Gasteiger charge is -2.13. The molecule has 1 heterocycles. The summed E-state index contributed by atoms with van der Waals surface area (Å²) in [6, 6.07) is 21.0. The Morgan fingerprint density at radius 3 is 2.26 bits per heavy atom. The topological polar surface area (TPSA) is 90.0 Å². The second-order valence-corrected chi connectivity index (χ2v) is 9.95. The van der Waals surface area contributed by atoms with Gasteiger partial charge in [0.15, 0.2) is 0 Å². The Kier molecular flexibility index (Phi) is 7.26. The Bertz CT molecular complexity index is 1360. The molecule has 3 aromatic carbocycles. The first-order valence-electron chi connectivity index (χ1n) is 10.1. The van der Waals surface area contributed by atoms with Gasteiger partial charge in [0.25, 0.3) is 11.1 Å². The molecular formula is C24H18ClNO6S2. The first-order chi connectivity index (χ1) is 16.3. The molecule has 1 aliphatic rings. The molecule has 0 aromatic heterocycles. The summed E-state index contributed by atoms with van der Waals surface area (Å²) in [5.41, 5.74) is 0.347. The average molecular weight is 516 g/mol. The van der Waals surface area contributed by atoms with Crippen LogP contribution in [0, 0.1) is 0 Å². The molecule has 1 saturated heterocycles. The van der Waals surface area contributed by atoms with E-state index in [1.807, 2.05) is 0 Å². The summed E-state index contributed by atoms with van der Waals surface area (Å²) < 4.78 is 36.1. The van der Waals surface area contributed by atoms with E-state index in [9.17, 15) is 18.0 Å². The van der Waals surface area contributed by atoms with Gasteiger partial charge >= 0.3 is 10.1 Å². The summed E-state index contributed by atoms with van der Waals surface area (Å²) in [7, 11) is -4.07. The Labute approximate surface area is 206 Å². The Hall–Kier alpha value is -3.27. The van der Waals surface area contributed by atoms with E-state index in [0.29, 0.717) is 16.3 Å². The highest BCUT2D eigenvalue weighted by Gasteiger charge is 2.35. The maximum atomic E-state index is 12.8. The number of rotatable bonds is 8. The van der Waals surface area contributed by atoms with Gasteiger partial charge in [0.1, 0.15) is 23.0 Å². The summed E-state index contributed by atoms with van der Waals surface area (Å²) in [4.78, 5) is 26.5. The van der Waals surface area contributed by atoms with Crippen molar-refractivity contribution in [2.75, 3.05) is 13.2 Å². The molecule has 2 amide bonds. The van der Waals surface area contributed by atoms with Gasteiger partial charge in [0.05, 0.1) is 16.5 Å². The fourth-order valence-corrected chi connectivity index (χ4v) is 5.09. The highest BCUT2D eigenvalue weighted by atomic mass is 35.5. The molecule has 1 aliphatic heterocycles. The van der Waals surface area contributed by atoms with Crippen LogP contribution in [0.2, 0.25) is 5.02 Å². The number of para-hydroxylation sites is 2. The van der Waals surface area contributed by atoms with E-state index in [4.69, 9.17) is 20.5 Å². The second kappa shape index (κ2) is 10.3. The maximum absolute atomic E-state index is 12.8. The maximum Gasteiger partial charge on any atom is 0.339 e. The smallest absolute Gasteiger partial charge is 0.339 e. The minimum Gasteiger partial charge on any atom is -0.490 e. The lowest BCUT2D eigenvalue weighted by molar-refractivity contribution is -0.123. The fraction of sp³-hybridized carbons (Fsp3) is 0.0833. The average Bonchev–Trinajstić information content (AvgIpc) is 3.09. The number of ether oxygens (including phenoxy) is 1. The number of hydrogen-bond donors (Lipinski definition) is 0. The van der Waals surface area contributed by atoms with Crippen molar-refractivity contribution in [2.24, 2.45) is 0 Å². The molecule has 34 heavy (non-hydrogen) atoms. The number of thioether (sulfide) groups is 1. The number of hydrogen-bond acceptors (Lipinski definition) is 7. The van der Waals surface area contributed by atoms with E-state index >= 15 is 0 Å². The van der Waals surface area contributed by atoms with Crippen LogP contribution in [0.25, 0.3) is 6.08 Å². The molecule has 0 N–H and O–H groups in total. The van der Waals surface area contributed by atoms with Crippen LogP contribution in [-0.2, 0) is 14.9 Å². The normalized spacial score (nSPS) is 15.1. The van der Waals surface area contributed by atoms with Crippen LogP contribution in [0.3, 0.4) is 0 Å². The van der Waals surface area contributed by atoms with Crippen molar-refractivity contribution in [3.8, 4) is 11.5 Å². The highest BCUT2D eigenvalue weighted by molar-refractivity contribution is 8.18. The van der Waals surface area contributed by atoms with E-state index in [-0.39, 0.29) is 28.7 Å². The van der Waals surface area contributed by atoms with E-state index in [1.54, 1.807) is 60.7 Å². The first-order valence-corrected chi connectivity index (χ1v) is 12.7. The number of benzene rings is 3. The van der Waals surface area contributed by atoms with Crippen LogP contribution in [0.4, 0.5) is 4.79 Å². The first kappa shape index (κ1) is 23.9. The van der Waals surface area contributed by atoms with Crippen molar-refractivity contribution >= 4 is 50.7 Å². The van der Waals surface area contributed by atoms with E-state index in [1.165, 1.54) is 24.3 Å². The summed E-state index contributed by atoms with van der Waals surface area (Å²) in [6.07, 6.45) is 1.44. The molecule has 1 fully saturated rings. The molecule has 0 radical (unpaired) electrons. The number of amides is 2. The highest BCUT2D eigenvalue weighted by Crippen LogP contribution is 2.34. The summed E-state index contributed by atoms with van der Waals surface area (Å²) >= 11 is 6.81. The fourth-order valence-electron chi connectivity index (χ4n) is 3.07. The Balaban J connectivity index is 1.49. The molecule has 10 heteroatoms. The minimum absolute atomic E-state index is 0.00338. The van der Waals surface area contributed by atoms with Gasteiger partial charge in [-0.2, -0.15) is 8.42 Å². The van der Waals surface area contributed by atoms with Crippen LogP contribution in [0.15, 0.2) is 88.7 Å². The van der Waals surface area contributed by atoms with Gasteiger partial charge in [0.2, 0.25) is 0 Å². The summed E-state index contributed by atoms with van der Waals surface area (Å²) in [6.45, 7) is 0.109. The molecular weight excluding hydrogens is 498 g/mol. The molecule has 174 valence electrons. The van der Waals surface area contributed by atoms with Crippen molar-refractivity contribution in [3.63, 3.8) is 0 Å². The van der Waals surface area contributed by atoms with Crippen molar-refractivity contribution < 1.29 is 26.9 Å². The summed E-state index contributed by atoms with van der Waals surface area (Å²) in [5.74, 6) is -0.00364. The number of carbonyl (C=O) groups excluding carboxylic acids is 2. The van der Waals surface area contributed by atoms with Gasteiger partial charge in [-0.25, -0.2) is 0 Å². The Morgan fingerprint density at radius 1 is 0.882 bits per heavy atom. The summed E-state index contributed by atoms with van der Waals surface area (Å²) in [5, 5.41) is -0.0205. The lowest BCUT2D eigenvalue weighted by atomic mass is 10.2. The molecule has 0 atom stereocenters. The molecule has 0 unspecified atom stereocenters. The van der Waals surface area contributed by atoms with Crippen LogP contribution in [0.5, 0.6) is 11.5 Å². The van der Waals surface area contributed by atoms with Gasteiger partial charge in [0, 0.05) is 5.56 Å². The zero-order valence-corrected chi connectivity index (χ0v) is 20.0. The predicted octanol–water partition coefficient (Wildman–Crippen LogP) is 5.22. The van der Waals surface area contributed by atoms with Crippen LogP contribution in [-0.4, -0.2) is 37.6 Å². The molecule has 0 spiro atoms. The van der Waals surface area contributed by atoms with Gasteiger partial charge < -0.3 is 8.92 Å². The van der Waals surface area contributed by atoms with Gasteiger partial charge in [-0.1, -0.05) is 60.1 Å². The van der Waals surface area contributed by atoms with Crippen LogP contribution in [0.1, 0.15) is 5.56 Å². The van der Waals surface area contributed by atoms with Crippen LogP contribution < -0.4 is 8.92 Å². The zero-order valence-electron chi connectivity index (χ0n) is 17.6. The van der Waals surface area contributed by atoms with Gasteiger partial charge in [-0.15, -0.1) is 0 Å². The Morgan fingerprint density at radius 2 is 1.53 bits per heavy atom. The third-order valence-electron chi connectivity index (χ3n) is 4.72. The number of halogens is 1. The van der Waals surface area contributed by atoms with Crippen molar-refractivity contribution in [1.29, 1.82) is 0 Å². The van der Waals surface area contributed by atoms with Crippen LogP contribution >= 0.6 is 23.4 Å². The standard InChI is InChI=1S/C24H18ClNO6S2/c25-19-11-5-7-13-21(19)31-15-14-26-23(27)22(33-24(26)28)16-17-8-4-6-12-20(17)32-34(29,30)18-9-2-1-3-10-18/h1-13,16H,14-15H2/b22-16-. The SMILES string of the molecule is O=C1S/C(=C\c2ccccc2OS(=O)(=O)c2ccccc2)C(=O)N1CCOc1ccccc1Cl. The van der Waals surface area contributed by atoms with Crippen molar-refractivity contribution in [3.05, 3.63) is 94.4 Å². The van der Waals surface area contributed by atoms with E-state index < -0.39 is 21.3 Å². The zero-order chi connectivity index (χ0) is 24.1. The molecule has 7 nitrogen and oxygen atoms in total. The largest absolute Gasteiger partial charge is 0.490 e. The van der Waals surface area contributed by atoms with Gasteiger partial charge in [-0.3, -0.25) is 14.5 Å². The van der Waals surface area contributed by atoms with Crippen molar-refractivity contribution in [2.45, 2.75) is 4.90 Å². The molecule has 3 aromatic rings. The minimum atomic E-state index is -4.07. The molecule has 0 aliphatic carbocycles. The number of carbonyl (C=O) groups is 2. The van der Waals surface area contributed by atoms with E-state index in [2.05, 4.69) is 0 Å². The number of nitrogens with zero attached hydrogens (tertiary/aromatic N) is 1. The second-order valence-electron chi connectivity index (χ2n) is 7.00. The third kappa shape index (κ3) is 5.44. The van der Waals surface area contributed by atoms with Gasteiger partial charge in [-0.05, 0) is 48.2 Å². The number of imide groups is 1. The monoisotopic (exact) mass is 515 g/mol. The molecule has 0 saturated carbocycles. The quantitative estimate of drug-likeness (QED) is 0.300. The van der Waals surface area contributed by atoms with Crippen molar-refractivity contribution in [1.82, 2.24) is 4.90 Å². The molecule has 4 rings (SSSR count). The van der Waals surface area contributed by atoms with E-state index in [0.717, 1.165) is 16.7 Å². The third-order valence-corrected chi connectivity index (χ3v) is 7.19.